The maximum Gasteiger partial charge on any atom is 0.129 e. The van der Waals surface area contributed by atoms with Gasteiger partial charge in [-0.25, -0.2) is 8.78 Å². The molecular formula is C10H13F2NO. The van der Waals surface area contributed by atoms with Crippen molar-refractivity contribution in [2.45, 2.75) is 6.42 Å². The third-order valence-electron chi connectivity index (χ3n) is 1.90. The summed E-state index contributed by atoms with van der Waals surface area (Å²) in [6, 6.07) is 3.82. The predicted molar refractivity (Wildman–Crippen MR) is 50.0 cm³/mol. The van der Waals surface area contributed by atoms with Crippen LogP contribution in [0.5, 0.6) is 0 Å². The zero-order valence-electron chi connectivity index (χ0n) is 7.76. The van der Waals surface area contributed by atoms with Gasteiger partial charge < -0.3 is 10.4 Å². The Kier molecular flexibility index (Phi) is 4.49. The van der Waals surface area contributed by atoms with Gasteiger partial charge in [0.15, 0.2) is 0 Å². The summed E-state index contributed by atoms with van der Waals surface area (Å²) in [6.07, 6.45) is 0.290. The standard InChI is InChI=1S/C10H13F2NO/c11-9-2-1-3-10(12)8(9)4-5-13-6-7-14/h1-3,13-14H,4-7H2. The summed E-state index contributed by atoms with van der Waals surface area (Å²) in [5, 5.41) is 11.3. The van der Waals surface area contributed by atoms with Gasteiger partial charge in [-0.3, -0.25) is 0 Å². The Labute approximate surface area is 81.6 Å². The molecule has 0 saturated carbocycles. The molecule has 0 spiro atoms. The highest BCUT2D eigenvalue weighted by Crippen LogP contribution is 2.11. The molecule has 0 atom stereocenters. The smallest absolute Gasteiger partial charge is 0.129 e. The lowest BCUT2D eigenvalue weighted by molar-refractivity contribution is 0.292. The van der Waals surface area contributed by atoms with Crippen LogP contribution in [-0.2, 0) is 6.42 Å². The van der Waals surface area contributed by atoms with Gasteiger partial charge in [0.05, 0.1) is 6.61 Å². The molecule has 2 nitrogen and oxygen atoms in total. The average molecular weight is 201 g/mol. The Hall–Kier alpha value is -1.00. The van der Waals surface area contributed by atoms with Crippen molar-refractivity contribution in [3.63, 3.8) is 0 Å². The predicted octanol–water partition coefficient (Wildman–Crippen LogP) is 1.09. The molecule has 0 amide bonds. The Morgan fingerprint density at radius 2 is 1.79 bits per heavy atom. The summed E-state index contributed by atoms with van der Waals surface area (Å²) < 4.78 is 26.1. The van der Waals surface area contributed by atoms with Crippen LogP contribution in [0.15, 0.2) is 18.2 Å². The number of nitrogens with one attached hydrogen (secondary N) is 1. The van der Waals surface area contributed by atoms with Crippen LogP contribution in [0.4, 0.5) is 8.78 Å². The van der Waals surface area contributed by atoms with E-state index in [1.807, 2.05) is 0 Å². The van der Waals surface area contributed by atoms with Crippen LogP contribution in [0.2, 0.25) is 0 Å². The molecule has 14 heavy (non-hydrogen) atoms. The number of benzene rings is 1. The molecule has 0 aliphatic rings. The van der Waals surface area contributed by atoms with E-state index in [1.165, 1.54) is 18.2 Å². The highest BCUT2D eigenvalue weighted by atomic mass is 19.1. The first-order chi connectivity index (χ1) is 6.75. The van der Waals surface area contributed by atoms with Crippen molar-refractivity contribution >= 4 is 0 Å². The first-order valence-electron chi connectivity index (χ1n) is 4.50. The largest absolute Gasteiger partial charge is 0.395 e. The lowest BCUT2D eigenvalue weighted by atomic mass is 10.1. The van der Waals surface area contributed by atoms with Crippen LogP contribution < -0.4 is 5.32 Å². The first-order valence-corrected chi connectivity index (χ1v) is 4.50. The lowest BCUT2D eigenvalue weighted by Crippen LogP contribution is -2.21. The molecule has 0 radical (unpaired) electrons. The minimum atomic E-state index is -0.518. The molecule has 0 aliphatic heterocycles. The highest BCUT2D eigenvalue weighted by Gasteiger charge is 2.06. The van der Waals surface area contributed by atoms with Crippen LogP contribution in [0.25, 0.3) is 0 Å². The van der Waals surface area contributed by atoms with Gasteiger partial charge in [0.2, 0.25) is 0 Å². The quantitative estimate of drug-likeness (QED) is 0.699. The van der Waals surface area contributed by atoms with Gasteiger partial charge in [-0.15, -0.1) is 0 Å². The van der Waals surface area contributed by atoms with E-state index in [1.54, 1.807) is 0 Å². The van der Waals surface area contributed by atoms with E-state index in [-0.39, 0.29) is 12.2 Å². The summed E-state index contributed by atoms with van der Waals surface area (Å²) in [5.41, 5.74) is 0.0953. The van der Waals surface area contributed by atoms with Crippen molar-refractivity contribution < 1.29 is 13.9 Å². The van der Waals surface area contributed by atoms with Crippen LogP contribution in [0, 0.1) is 11.6 Å². The van der Waals surface area contributed by atoms with E-state index in [2.05, 4.69) is 5.32 Å². The molecular weight excluding hydrogens is 188 g/mol. The van der Waals surface area contributed by atoms with Gasteiger partial charge in [-0.05, 0) is 25.1 Å². The molecule has 0 bridgehead atoms. The Morgan fingerprint density at radius 1 is 1.14 bits per heavy atom. The van der Waals surface area contributed by atoms with Crippen LogP contribution in [0.3, 0.4) is 0 Å². The number of hydrogen-bond acceptors (Lipinski definition) is 2. The molecule has 0 saturated heterocycles. The van der Waals surface area contributed by atoms with E-state index < -0.39 is 11.6 Å². The lowest BCUT2D eigenvalue weighted by Gasteiger charge is -2.05. The van der Waals surface area contributed by atoms with Gasteiger partial charge >= 0.3 is 0 Å². The summed E-state index contributed by atoms with van der Waals surface area (Å²) in [7, 11) is 0. The van der Waals surface area contributed by atoms with Crippen LogP contribution in [-0.4, -0.2) is 24.8 Å². The van der Waals surface area contributed by atoms with Gasteiger partial charge in [0, 0.05) is 12.1 Å². The SMILES string of the molecule is OCCNCCc1c(F)cccc1F. The van der Waals surface area contributed by atoms with Crippen molar-refractivity contribution in [1.82, 2.24) is 5.32 Å². The average Bonchev–Trinajstić information content (AvgIpc) is 2.16. The van der Waals surface area contributed by atoms with Gasteiger partial charge in [-0.1, -0.05) is 6.07 Å². The molecule has 2 N–H and O–H groups in total. The Morgan fingerprint density at radius 3 is 2.36 bits per heavy atom. The van der Waals surface area contributed by atoms with Gasteiger partial charge in [0.25, 0.3) is 0 Å². The number of aliphatic hydroxyl groups excluding tert-OH is 1. The second kappa shape index (κ2) is 5.67. The summed E-state index contributed by atoms with van der Waals surface area (Å²) in [4.78, 5) is 0. The summed E-state index contributed by atoms with van der Waals surface area (Å²) in [6.45, 7) is 0.925. The second-order valence-corrected chi connectivity index (χ2v) is 2.92. The topological polar surface area (TPSA) is 32.3 Å². The molecule has 0 aliphatic carbocycles. The zero-order chi connectivity index (χ0) is 10.4. The summed E-state index contributed by atoms with van der Waals surface area (Å²) >= 11 is 0. The first kappa shape index (κ1) is 11.1. The molecule has 0 aromatic heterocycles. The van der Waals surface area contributed by atoms with E-state index in [0.717, 1.165) is 0 Å². The number of rotatable bonds is 5. The van der Waals surface area contributed by atoms with Crippen molar-refractivity contribution in [2.24, 2.45) is 0 Å². The minimum absolute atomic E-state index is 0.0275. The van der Waals surface area contributed by atoms with Crippen molar-refractivity contribution in [3.05, 3.63) is 35.4 Å². The van der Waals surface area contributed by atoms with Crippen LogP contribution in [0.1, 0.15) is 5.56 Å². The maximum atomic E-state index is 13.0. The third kappa shape index (κ3) is 3.05. The Bertz CT molecular complexity index is 271. The molecule has 78 valence electrons. The molecule has 1 aromatic rings. The highest BCUT2D eigenvalue weighted by molar-refractivity contribution is 5.19. The monoisotopic (exact) mass is 201 g/mol. The fraction of sp³-hybridized carbons (Fsp3) is 0.400. The van der Waals surface area contributed by atoms with Gasteiger partial charge in [0.1, 0.15) is 11.6 Å². The second-order valence-electron chi connectivity index (χ2n) is 2.92. The number of aliphatic hydroxyl groups is 1. The maximum absolute atomic E-state index is 13.0. The van der Waals surface area contributed by atoms with Crippen molar-refractivity contribution in [2.75, 3.05) is 19.7 Å². The van der Waals surface area contributed by atoms with E-state index in [0.29, 0.717) is 19.5 Å². The Balaban J connectivity index is 2.49. The van der Waals surface area contributed by atoms with Crippen LogP contribution >= 0.6 is 0 Å². The molecule has 1 rings (SSSR count). The normalized spacial score (nSPS) is 10.5. The molecule has 4 heteroatoms. The zero-order valence-corrected chi connectivity index (χ0v) is 7.76. The van der Waals surface area contributed by atoms with E-state index >= 15 is 0 Å². The third-order valence-corrected chi connectivity index (χ3v) is 1.90. The minimum Gasteiger partial charge on any atom is -0.395 e. The van der Waals surface area contributed by atoms with E-state index in [4.69, 9.17) is 5.11 Å². The van der Waals surface area contributed by atoms with E-state index in [9.17, 15) is 8.78 Å². The molecule has 1 aromatic carbocycles. The summed E-state index contributed by atoms with van der Waals surface area (Å²) in [5.74, 6) is -1.04. The molecule has 0 unspecified atom stereocenters. The number of halogens is 2. The van der Waals surface area contributed by atoms with Gasteiger partial charge in [-0.2, -0.15) is 0 Å². The fourth-order valence-electron chi connectivity index (χ4n) is 1.19. The van der Waals surface area contributed by atoms with Crippen molar-refractivity contribution in [1.29, 1.82) is 0 Å². The van der Waals surface area contributed by atoms with Crippen molar-refractivity contribution in [3.8, 4) is 0 Å². The fourth-order valence-corrected chi connectivity index (χ4v) is 1.19. The number of hydrogen-bond donors (Lipinski definition) is 2. The molecule has 0 heterocycles. The molecule has 0 fully saturated rings.